The van der Waals surface area contributed by atoms with Crippen LogP contribution in [0.15, 0.2) is 5.16 Å². The molecule has 0 saturated heterocycles. The van der Waals surface area contributed by atoms with Gasteiger partial charge in [-0.25, -0.2) is 0 Å². The van der Waals surface area contributed by atoms with Gasteiger partial charge >= 0.3 is 141 Å². The second-order valence-corrected chi connectivity index (χ2v) is 11.1. The molecule has 0 aromatic heterocycles. The fraction of sp³-hybridized carbons (Fsp3) is 0.944. The zero-order valence-corrected chi connectivity index (χ0v) is 16.2. The average molecular weight is 372 g/mol. The van der Waals surface area contributed by atoms with Crippen LogP contribution in [-0.2, 0) is 4.74 Å². The molecule has 0 aliphatic heterocycles. The molecule has 3 aliphatic carbocycles. The molecule has 5 atom stereocenters. The van der Waals surface area contributed by atoms with E-state index >= 15 is 0 Å². The average Bonchev–Trinajstić information content (AvgIpc) is 2.71. The molecule has 2 bridgehead atoms. The minimum atomic E-state index is 0.103. The number of hydrogen-bond donors (Lipinski definition) is 1. The van der Waals surface area contributed by atoms with Crippen molar-refractivity contribution in [3.05, 3.63) is 0 Å². The first kappa shape index (κ1) is 16.8. The predicted octanol–water partition coefficient (Wildman–Crippen LogP) is 4.53. The van der Waals surface area contributed by atoms with Gasteiger partial charge in [-0.15, -0.1) is 0 Å². The summed E-state index contributed by atoms with van der Waals surface area (Å²) in [6, 6.07) is 0. The van der Waals surface area contributed by atoms with E-state index in [0.717, 1.165) is 5.71 Å². The molecule has 0 aromatic carbocycles. The molecule has 0 spiro atoms. The zero-order valence-electron chi connectivity index (χ0n) is 14.5. The van der Waals surface area contributed by atoms with Crippen LogP contribution in [0.25, 0.3) is 0 Å². The summed E-state index contributed by atoms with van der Waals surface area (Å²) < 4.78 is 5.83. The number of fused-ring (bicyclic) bond motifs is 2. The summed E-state index contributed by atoms with van der Waals surface area (Å²) >= 11 is 0.479. The Bertz CT molecular complexity index is 450. The van der Waals surface area contributed by atoms with E-state index in [9.17, 15) is 5.21 Å². The second kappa shape index (κ2) is 6.11. The normalized spacial score (nSPS) is 46.1. The van der Waals surface area contributed by atoms with Crippen LogP contribution in [0, 0.1) is 16.7 Å². The SMILES string of the molecule is COC1CCCCCC1[Se][C@@H]1/C(=N/O)[C@]2(C)CC[C@H]1C2(C)C. The van der Waals surface area contributed by atoms with Crippen molar-refractivity contribution in [2.24, 2.45) is 21.9 Å². The Hall–Kier alpha value is -0.0505. The minimum absolute atomic E-state index is 0.103. The van der Waals surface area contributed by atoms with Gasteiger partial charge < -0.3 is 0 Å². The third-order valence-electron chi connectivity index (χ3n) is 7.13. The zero-order chi connectivity index (χ0) is 16.0. The van der Waals surface area contributed by atoms with Crippen molar-refractivity contribution in [3.8, 4) is 0 Å². The molecule has 3 rings (SSSR count). The molecule has 2 unspecified atom stereocenters. The molecule has 3 fully saturated rings. The predicted molar refractivity (Wildman–Crippen MR) is 91.0 cm³/mol. The van der Waals surface area contributed by atoms with Crippen LogP contribution < -0.4 is 0 Å². The third-order valence-corrected chi connectivity index (χ3v) is 10.8. The molecule has 1 N–H and O–H groups in total. The van der Waals surface area contributed by atoms with Gasteiger partial charge in [0.15, 0.2) is 0 Å². The van der Waals surface area contributed by atoms with Gasteiger partial charge in [0.25, 0.3) is 0 Å². The molecule has 3 aliphatic rings. The molecule has 0 amide bonds. The summed E-state index contributed by atoms with van der Waals surface area (Å²) in [4.78, 5) is 1.22. The van der Waals surface area contributed by atoms with Crippen molar-refractivity contribution < 1.29 is 9.94 Å². The Balaban J connectivity index is 1.83. The molecule has 0 aromatic rings. The monoisotopic (exact) mass is 373 g/mol. The molecule has 3 saturated carbocycles. The summed E-state index contributed by atoms with van der Waals surface area (Å²) in [5.74, 6) is 0.698. The standard InChI is InChI=1S/C18H31NO2Se/c1-17(2)12-10-11-18(17,3)16(19-20)15(12)22-14-9-7-5-6-8-13(14)21-4/h12-15,20H,5-11H2,1-4H3/b19-16-/t12-,13?,14?,15+,18+/m1/s1. The Morgan fingerprint density at radius 1 is 1.14 bits per heavy atom. The van der Waals surface area contributed by atoms with Crippen LogP contribution in [0.4, 0.5) is 0 Å². The van der Waals surface area contributed by atoms with Crippen molar-refractivity contribution >= 4 is 20.7 Å². The van der Waals surface area contributed by atoms with Crippen LogP contribution in [0.1, 0.15) is 65.7 Å². The van der Waals surface area contributed by atoms with Gasteiger partial charge in [0.05, 0.1) is 0 Å². The quantitative estimate of drug-likeness (QED) is 0.342. The summed E-state index contributed by atoms with van der Waals surface area (Å²) in [7, 11) is 1.88. The van der Waals surface area contributed by atoms with Crippen molar-refractivity contribution in [2.75, 3.05) is 7.11 Å². The fourth-order valence-corrected chi connectivity index (χ4v) is 9.83. The van der Waals surface area contributed by atoms with E-state index in [1.165, 1.54) is 44.9 Å². The number of methoxy groups -OCH3 is 1. The molecule has 22 heavy (non-hydrogen) atoms. The summed E-state index contributed by atoms with van der Waals surface area (Å²) in [5, 5.41) is 13.6. The Labute approximate surface area is 141 Å². The Kier molecular flexibility index (Phi) is 4.66. The fourth-order valence-electron chi connectivity index (χ4n) is 5.21. The van der Waals surface area contributed by atoms with Crippen molar-refractivity contribution in [3.63, 3.8) is 0 Å². The second-order valence-electron chi connectivity index (χ2n) is 8.19. The molecule has 126 valence electrons. The van der Waals surface area contributed by atoms with Gasteiger partial charge in [-0.2, -0.15) is 0 Å². The number of rotatable bonds is 3. The van der Waals surface area contributed by atoms with Crippen molar-refractivity contribution in [1.29, 1.82) is 0 Å². The van der Waals surface area contributed by atoms with Crippen LogP contribution in [0.3, 0.4) is 0 Å². The van der Waals surface area contributed by atoms with E-state index in [2.05, 4.69) is 25.9 Å². The topological polar surface area (TPSA) is 41.8 Å². The van der Waals surface area contributed by atoms with Gasteiger partial charge in [0.2, 0.25) is 0 Å². The summed E-state index contributed by atoms with van der Waals surface area (Å²) in [6.07, 6.45) is 9.44. The van der Waals surface area contributed by atoms with E-state index in [1.54, 1.807) is 0 Å². The molecule has 0 heterocycles. The van der Waals surface area contributed by atoms with Crippen molar-refractivity contribution in [1.82, 2.24) is 0 Å². The van der Waals surface area contributed by atoms with Crippen LogP contribution in [0.2, 0.25) is 9.63 Å². The van der Waals surface area contributed by atoms with Crippen LogP contribution in [-0.4, -0.2) is 39.1 Å². The first-order valence-electron chi connectivity index (χ1n) is 8.86. The maximum atomic E-state index is 9.73. The van der Waals surface area contributed by atoms with E-state index in [0.29, 0.717) is 36.6 Å². The number of nitrogens with zero attached hydrogens (tertiary/aromatic N) is 1. The molecule has 3 nitrogen and oxygen atoms in total. The van der Waals surface area contributed by atoms with E-state index in [-0.39, 0.29) is 10.8 Å². The number of ether oxygens (including phenoxy) is 1. The third kappa shape index (κ3) is 2.37. The van der Waals surface area contributed by atoms with E-state index < -0.39 is 0 Å². The van der Waals surface area contributed by atoms with Crippen LogP contribution >= 0.6 is 0 Å². The maximum absolute atomic E-state index is 9.73. The van der Waals surface area contributed by atoms with Crippen molar-refractivity contribution in [2.45, 2.75) is 81.5 Å². The summed E-state index contributed by atoms with van der Waals surface area (Å²) in [5.41, 5.74) is 1.49. The van der Waals surface area contributed by atoms with Gasteiger partial charge in [0.1, 0.15) is 0 Å². The number of hydrogen-bond acceptors (Lipinski definition) is 3. The van der Waals surface area contributed by atoms with Crippen LogP contribution in [0.5, 0.6) is 0 Å². The molecular weight excluding hydrogens is 341 g/mol. The molecule has 4 heteroatoms. The van der Waals surface area contributed by atoms with E-state index in [1.807, 2.05) is 7.11 Å². The molecule has 0 radical (unpaired) electrons. The van der Waals surface area contributed by atoms with Gasteiger partial charge in [-0.1, -0.05) is 0 Å². The Morgan fingerprint density at radius 2 is 1.86 bits per heavy atom. The van der Waals surface area contributed by atoms with Gasteiger partial charge in [-0.3, -0.25) is 0 Å². The van der Waals surface area contributed by atoms with Gasteiger partial charge in [0, 0.05) is 0 Å². The van der Waals surface area contributed by atoms with E-state index in [4.69, 9.17) is 4.74 Å². The molecular formula is C18H31NO2Se. The first-order chi connectivity index (χ1) is 10.5. The van der Waals surface area contributed by atoms with Gasteiger partial charge in [-0.05, 0) is 0 Å². The number of oxime groups is 1. The Morgan fingerprint density at radius 3 is 2.55 bits per heavy atom. The summed E-state index contributed by atoms with van der Waals surface area (Å²) in [6.45, 7) is 7.12. The first-order valence-corrected chi connectivity index (χ1v) is 10.8.